The van der Waals surface area contributed by atoms with Gasteiger partial charge in [-0.15, -0.1) is 0 Å². The Bertz CT molecular complexity index is 710. The van der Waals surface area contributed by atoms with Crippen molar-refractivity contribution in [2.75, 3.05) is 0 Å². The molecule has 0 spiro atoms. The fraction of sp³-hybridized carbons (Fsp3) is 0.680. The molecule has 0 saturated heterocycles. The van der Waals surface area contributed by atoms with E-state index in [9.17, 15) is 10.2 Å². The van der Waals surface area contributed by atoms with Crippen LogP contribution >= 0.6 is 0 Å². The van der Waals surface area contributed by atoms with Crippen LogP contribution in [0.4, 0.5) is 0 Å². The molecule has 146 valence electrons. The third-order valence-electron chi connectivity index (χ3n) is 8.88. The van der Waals surface area contributed by atoms with Gasteiger partial charge in [-0.2, -0.15) is 0 Å². The Balaban J connectivity index is 1.39. The molecule has 1 aromatic carbocycles. The summed E-state index contributed by atoms with van der Waals surface area (Å²) < 4.78 is 0. The van der Waals surface area contributed by atoms with Gasteiger partial charge in [0, 0.05) is 5.41 Å². The highest BCUT2D eigenvalue weighted by atomic mass is 16.3. The van der Waals surface area contributed by atoms with Gasteiger partial charge in [0.1, 0.15) is 0 Å². The van der Waals surface area contributed by atoms with E-state index in [-0.39, 0.29) is 17.6 Å². The fourth-order valence-electron chi connectivity index (χ4n) is 7.47. The molecule has 4 saturated carbocycles. The Labute approximate surface area is 163 Å². The number of fused-ring (bicyclic) bond motifs is 4. The van der Waals surface area contributed by atoms with Crippen molar-refractivity contribution >= 4 is 6.08 Å². The summed E-state index contributed by atoms with van der Waals surface area (Å²) in [6.07, 6.45) is 11.4. The minimum absolute atomic E-state index is 0.0506. The molecule has 0 amide bonds. The summed E-state index contributed by atoms with van der Waals surface area (Å²) in [6, 6.07) is 10.5. The number of aliphatic hydroxyl groups excluding tert-OH is 2. The van der Waals surface area contributed by atoms with Gasteiger partial charge in [0.15, 0.2) is 0 Å². The molecule has 8 atom stereocenters. The quantitative estimate of drug-likeness (QED) is 0.730. The third-order valence-corrected chi connectivity index (χ3v) is 8.88. The summed E-state index contributed by atoms with van der Waals surface area (Å²) in [4.78, 5) is 0. The predicted molar refractivity (Wildman–Crippen MR) is 109 cm³/mol. The molecule has 0 aliphatic heterocycles. The average molecular weight is 367 g/mol. The molecule has 5 rings (SSSR count). The van der Waals surface area contributed by atoms with Crippen molar-refractivity contribution in [3.05, 3.63) is 41.5 Å². The van der Waals surface area contributed by atoms with Gasteiger partial charge in [0.25, 0.3) is 0 Å². The number of benzene rings is 1. The van der Waals surface area contributed by atoms with Crippen molar-refractivity contribution < 1.29 is 10.2 Å². The molecular formula is C25H34O2. The number of aliphatic hydroxyl groups is 2. The molecule has 2 heteroatoms. The van der Waals surface area contributed by atoms with E-state index in [4.69, 9.17) is 0 Å². The summed E-state index contributed by atoms with van der Waals surface area (Å²) in [5.74, 6) is 3.82. The van der Waals surface area contributed by atoms with E-state index in [1.165, 1.54) is 43.2 Å². The first-order chi connectivity index (χ1) is 13.0. The molecule has 27 heavy (non-hydrogen) atoms. The highest BCUT2D eigenvalue weighted by molar-refractivity contribution is 5.55. The molecule has 0 heterocycles. The van der Waals surface area contributed by atoms with Gasteiger partial charge in [0.05, 0.1) is 12.2 Å². The lowest BCUT2D eigenvalue weighted by Crippen LogP contribution is -2.48. The van der Waals surface area contributed by atoms with Crippen molar-refractivity contribution in [1.82, 2.24) is 0 Å². The number of hydrogen-bond acceptors (Lipinski definition) is 2. The summed E-state index contributed by atoms with van der Waals surface area (Å²) >= 11 is 0. The van der Waals surface area contributed by atoms with Crippen LogP contribution in [0.25, 0.3) is 6.08 Å². The summed E-state index contributed by atoms with van der Waals surface area (Å²) in [7, 11) is 0. The van der Waals surface area contributed by atoms with Crippen LogP contribution in [0.1, 0.15) is 63.9 Å². The normalized spacial score (nSPS) is 48.0. The summed E-state index contributed by atoms with van der Waals surface area (Å²) in [5.41, 5.74) is 2.53. The van der Waals surface area contributed by atoms with Gasteiger partial charge in [-0.3, -0.25) is 0 Å². The minimum Gasteiger partial charge on any atom is -0.393 e. The fourth-order valence-corrected chi connectivity index (χ4v) is 7.47. The van der Waals surface area contributed by atoms with Crippen LogP contribution in [0.5, 0.6) is 0 Å². The molecule has 4 aliphatic carbocycles. The van der Waals surface area contributed by atoms with E-state index < -0.39 is 0 Å². The zero-order valence-corrected chi connectivity index (χ0v) is 16.6. The van der Waals surface area contributed by atoms with Crippen LogP contribution in [0.3, 0.4) is 0 Å². The first kappa shape index (κ1) is 17.9. The smallest absolute Gasteiger partial charge is 0.0809 e. The number of rotatable bonds is 1. The van der Waals surface area contributed by atoms with E-state index in [2.05, 4.69) is 43.3 Å². The van der Waals surface area contributed by atoms with Crippen molar-refractivity contribution in [3.8, 4) is 0 Å². The zero-order valence-electron chi connectivity index (χ0n) is 16.6. The van der Waals surface area contributed by atoms with E-state index >= 15 is 0 Å². The second kappa shape index (κ2) is 6.74. The third kappa shape index (κ3) is 3.00. The van der Waals surface area contributed by atoms with E-state index in [0.29, 0.717) is 5.92 Å². The molecule has 1 aromatic rings. The molecule has 2 nitrogen and oxygen atoms in total. The van der Waals surface area contributed by atoms with E-state index in [1.54, 1.807) is 0 Å². The first-order valence-corrected chi connectivity index (χ1v) is 11.2. The Kier molecular flexibility index (Phi) is 4.48. The summed E-state index contributed by atoms with van der Waals surface area (Å²) in [5, 5.41) is 21.4. The lowest BCUT2D eigenvalue weighted by atomic mass is 9.51. The molecule has 0 unspecified atom stereocenters. The second-order valence-corrected chi connectivity index (χ2v) is 10.3. The molecule has 2 N–H and O–H groups in total. The van der Waals surface area contributed by atoms with Crippen molar-refractivity contribution in [2.45, 2.75) is 70.5 Å². The average Bonchev–Trinajstić information content (AvgIpc) is 2.91. The van der Waals surface area contributed by atoms with Gasteiger partial charge in [-0.1, -0.05) is 43.3 Å². The Hall–Kier alpha value is -1.12. The Morgan fingerprint density at radius 1 is 0.926 bits per heavy atom. The minimum atomic E-state index is -0.283. The highest BCUT2D eigenvalue weighted by Gasteiger charge is 2.56. The van der Waals surface area contributed by atoms with Crippen LogP contribution in [0.15, 0.2) is 35.9 Å². The van der Waals surface area contributed by atoms with Gasteiger partial charge in [-0.05, 0) is 92.1 Å². The van der Waals surface area contributed by atoms with Gasteiger partial charge < -0.3 is 10.2 Å². The summed E-state index contributed by atoms with van der Waals surface area (Å²) in [6.45, 7) is 2.36. The standard InChI is InChI=1S/C25H34O2/c1-25-15-18-8-7-17-13-21(26)9-10-22(17)23(18)14-20(25)12-19(24(25)27)11-16-5-3-2-4-6-16/h2-6,11,17-18,20-24,26-27H,7-10,12-15H2,1H3/b19-11+/t17-,18-,20+,21+,22-,23-,24+,25+/m0/s1. The maximum absolute atomic E-state index is 11.3. The zero-order chi connectivity index (χ0) is 18.6. The Morgan fingerprint density at radius 2 is 1.70 bits per heavy atom. The van der Waals surface area contributed by atoms with Crippen LogP contribution in [-0.4, -0.2) is 22.4 Å². The number of hydrogen-bond donors (Lipinski definition) is 2. The molecule has 4 fully saturated rings. The van der Waals surface area contributed by atoms with E-state index in [0.717, 1.165) is 42.9 Å². The molecule has 0 radical (unpaired) electrons. The maximum Gasteiger partial charge on any atom is 0.0809 e. The second-order valence-electron chi connectivity index (χ2n) is 10.3. The topological polar surface area (TPSA) is 40.5 Å². The molecule has 0 aromatic heterocycles. The Morgan fingerprint density at radius 3 is 2.52 bits per heavy atom. The van der Waals surface area contributed by atoms with Crippen LogP contribution in [0.2, 0.25) is 0 Å². The van der Waals surface area contributed by atoms with E-state index in [1.807, 2.05) is 0 Å². The van der Waals surface area contributed by atoms with Crippen LogP contribution < -0.4 is 0 Å². The predicted octanol–water partition coefficient (Wildman–Crippen LogP) is 5.05. The van der Waals surface area contributed by atoms with Crippen molar-refractivity contribution in [2.24, 2.45) is 35.0 Å². The molecule has 4 aliphatic rings. The van der Waals surface area contributed by atoms with Gasteiger partial charge in [0.2, 0.25) is 0 Å². The largest absolute Gasteiger partial charge is 0.393 e. The lowest BCUT2D eigenvalue weighted by molar-refractivity contribution is -0.0811. The SMILES string of the molecule is C[C@@]12C[C@@H]3CC[C@H]4C[C@H](O)CC[C@@H]4[C@H]3C[C@H]1C/C(=C\c1ccccc1)[C@H]2O. The maximum atomic E-state index is 11.3. The van der Waals surface area contributed by atoms with Crippen LogP contribution in [-0.2, 0) is 0 Å². The van der Waals surface area contributed by atoms with Crippen molar-refractivity contribution in [3.63, 3.8) is 0 Å². The lowest BCUT2D eigenvalue weighted by Gasteiger charge is -2.54. The highest BCUT2D eigenvalue weighted by Crippen LogP contribution is 2.62. The van der Waals surface area contributed by atoms with Gasteiger partial charge in [-0.25, -0.2) is 0 Å². The molecule has 0 bridgehead atoms. The molecular weight excluding hydrogens is 332 g/mol. The van der Waals surface area contributed by atoms with Crippen molar-refractivity contribution in [1.29, 1.82) is 0 Å². The monoisotopic (exact) mass is 366 g/mol. The first-order valence-electron chi connectivity index (χ1n) is 11.2. The van der Waals surface area contributed by atoms with Crippen LogP contribution in [0, 0.1) is 35.0 Å². The van der Waals surface area contributed by atoms with Gasteiger partial charge >= 0.3 is 0 Å².